The maximum atomic E-state index is 6.46. The summed E-state index contributed by atoms with van der Waals surface area (Å²) in [5.41, 5.74) is 10.5. The van der Waals surface area contributed by atoms with E-state index in [2.05, 4.69) is 130 Å². The molecule has 5 aromatic carbocycles. The lowest BCUT2D eigenvalue weighted by atomic mass is 10.0. The summed E-state index contributed by atoms with van der Waals surface area (Å²) >= 11 is 0. The Labute approximate surface area is 224 Å². The van der Waals surface area contributed by atoms with E-state index in [1.54, 1.807) is 0 Å². The molecule has 3 heteroatoms. The molecule has 3 heterocycles. The summed E-state index contributed by atoms with van der Waals surface area (Å²) < 4.78 is 11.2. The van der Waals surface area contributed by atoms with Gasteiger partial charge < -0.3 is 13.6 Å². The first kappa shape index (κ1) is 21.0. The number of benzene rings is 5. The van der Waals surface area contributed by atoms with Crippen molar-refractivity contribution in [2.24, 2.45) is 0 Å². The summed E-state index contributed by atoms with van der Waals surface area (Å²) in [5, 5.41) is 6.13. The van der Waals surface area contributed by atoms with Crippen LogP contribution >= 0.6 is 0 Å². The van der Waals surface area contributed by atoms with E-state index in [0.717, 1.165) is 46.2 Å². The van der Waals surface area contributed by atoms with Gasteiger partial charge in [0.2, 0.25) is 0 Å². The topological polar surface area (TPSA) is 23.0 Å². The highest BCUT2D eigenvalue weighted by atomic mass is 16.3. The predicted octanol–water partition coefficient (Wildman–Crippen LogP) is 9.59. The Morgan fingerprint density at radius 3 is 1.92 bits per heavy atom. The van der Waals surface area contributed by atoms with E-state index in [-0.39, 0.29) is 0 Å². The molecule has 0 aliphatic heterocycles. The first-order chi connectivity index (χ1) is 19.3. The fraction of sp³-hybridized carbons (Fsp3) is 0.0556. The number of allylic oxidation sites excluding steroid dienone is 1. The highest BCUT2D eigenvalue weighted by Gasteiger charge is 2.19. The van der Waals surface area contributed by atoms with Gasteiger partial charge in [0, 0.05) is 55.6 Å². The average molecular weight is 501 g/mol. The second-order valence-corrected chi connectivity index (χ2v) is 10.5. The minimum absolute atomic E-state index is 0.911. The molecule has 0 saturated heterocycles. The van der Waals surface area contributed by atoms with Crippen LogP contribution < -0.4 is 0 Å². The van der Waals surface area contributed by atoms with Gasteiger partial charge in [-0.1, -0.05) is 66.7 Å². The normalized spacial score (nSPS) is 13.3. The van der Waals surface area contributed by atoms with Crippen LogP contribution in [0.5, 0.6) is 0 Å². The Hall–Kier alpha value is -5.02. The lowest BCUT2D eigenvalue weighted by molar-refractivity contribution is 0.668. The molecule has 1 aliphatic carbocycles. The summed E-state index contributed by atoms with van der Waals surface area (Å²) in [6.07, 6.45) is 6.69. The number of hydrogen-bond donors (Lipinski definition) is 0. The molecule has 3 aromatic heterocycles. The van der Waals surface area contributed by atoms with Crippen LogP contribution in [-0.4, -0.2) is 9.13 Å². The zero-order valence-electron chi connectivity index (χ0n) is 21.3. The number of aromatic nitrogens is 2. The van der Waals surface area contributed by atoms with Crippen molar-refractivity contribution in [1.29, 1.82) is 0 Å². The molecule has 0 amide bonds. The third kappa shape index (κ3) is 2.87. The molecule has 1 aliphatic rings. The molecule has 9 rings (SSSR count). The monoisotopic (exact) mass is 500 g/mol. The fourth-order valence-electron chi connectivity index (χ4n) is 6.70. The van der Waals surface area contributed by atoms with Gasteiger partial charge in [-0.15, -0.1) is 0 Å². The Morgan fingerprint density at radius 1 is 0.513 bits per heavy atom. The van der Waals surface area contributed by atoms with Crippen molar-refractivity contribution in [1.82, 2.24) is 9.13 Å². The largest absolute Gasteiger partial charge is 0.456 e. The second-order valence-electron chi connectivity index (χ2n) is 10.5. The Morgan fingerprint density at radius 2 is 1.15 bits per heavy atom. The SMILES string of the molecule is C1=Cc2c(n(-c3ccc4c(c3)oc3ccc(-n5c6ccccc6c6ccccc65)cc34)c3ccccc23)CC1. The molecule has 0 N–H and O–H groups in total. The van der Waals surface area contributed by atoms with E-state index in [1.165, 1.54) is 44.0 Å². The van der Waals surface area contributed by atoms with Crippen molar-refractivity contribution in [3.63, 3.8) is 0 Å². The predicted molar refractivity (Wildman–Crippen MR) is 162 cm³/mol. The molecule has 0 spiro atoms. The Bertz CT molecular complexity index is 2240. The van der Waals surface area contributed by atoms with E-state index < -0.39 is 0 Å². The van der Waals surface area contributed by atoms with Crippen LogP contribution in [0.1, 0.15) is 17.7 Å². The van der Waals surface area contributed by atoms with Crippen LogP contribution in [0.25, 0.3) is 72.1 Å². The molecule has 0 radical (unpaired) electrons. The van der Waals surface area contributed by atoms with E-state index in [0.29, 0.717) is 0 Å². The zero-order chi connectivity index (χ0) is 25.5. The Kier molecular flexibility index (Phi) is 4.17. The number of fused-ring (bicyclic) bond motifs is 9. The summed E-state index contributed by atoms with van der Waals surface area (Å²) in [4.78, 5) is 0. The third-order valence-electron chi connectivity index (χ3n) is 8.38. The van der Waals surface area contributed by atoms with Crippen molar-refractivity contribution in [3.05, 3.63) is 127 Å². The molecule has 0 atom stereocenters. The first-order valence-corrected chi connectivity index (χ1v) is 13.6. The number of furan rings is 1. The summed E-state index contributed by atoms with van der Waals surface area (Å²) in [6, 6.07) is 39.3. The highest BCUT2D eigenvalue weighted by molar-refractivity contribution is 6.10. The lowest BCUT2D eigenvalue weighted by Crippen LogP contribution is -2.02. The molecular weight excluding hydrogens is 476 g/mol. The molecule has 3 nitrogen and oxygen atoms in total. The average Bonchev–Trinajstić information content (AvgIpc) is 3.64. The Balaban J connectivity index is 1.26. The summed E-state index contributed by atoms with van der Waals surface area (Å²) in [5.74, 6) is 0. The van der Waals surface area contributed by atoms with E-state index in [4.69, 9.17) is 4.42 Å². The smallest absolute Gasteiger partial charge is 0.137 e. The maximum absolute atomic E-state index is 6.46. The summed E-state index contributed by atoms with van der Waals surface area (Å²) in [7, 11) is 0. The van der Waals surface area contributed by atoms with Crippen LogP contribution in [0, 0.1) is 0 Å². The molecule has 0 fully saturated rings. The lowest BCUT2D eigenvalue weighted by Gasteiger charge is -2.13. The van der Waals surface area contributed by atoms with Crippen molar-refractivity contribution in [2.75, 3.05) is 0 Å². The van der Waals surface area contributed by atoms with Gasteiger partial charge in [0.25, 0.3) is 0 Å². The highest BCUT2D eigenvalue weighted by Crippen LogP contribution is 2.38. The number of rotatable bonds is 2. The van der Waals surface area contributed by atoms with E-state index in [9.17, 15) is 0 Å². The number of hydrogen-bond acceptors (Lipinski definition) is 1. The van der Waals surface area contributed by atoms with Gasteiger partial charge in [-0.3, -0.25) is 0 Å². The molecular formula is C36H24N2O. The molecule has 39 heavy (non-hydrogen) atoms. The first-order valence-electron chi connectivity index (χ1n) is 13.6. The van der Waals surface area contributed by atoms with Crippen molar-refractivity contribution < 1.29 is 4.42 Å². The molecule has 184 valence electrons. The van der Waals surface area contributed by atoms with E-state index >= 15 is 0 Å². The second kappa shape index (κ2) is 7.75. The van der Waals surface area contributed by atoms with Crippen LogP contribution in [0.2, 0.25) is 0 Å². The molecule has 0 bridgehead atoms. The van der Waals surface area contributed by atoms with Gasteiger partial charge in [-0.25, -0.2) is 0 Å². The van der Waals surface area contributed by atoms with Crippen molar-refractivity contribution in [3.8, 4) is 11.4 Å². The van der Waals surface area contributed by atoms with Crippen LogP contribution in [0.3, 0.4) is 0 Å². The summed E-state index contributed by atoms with van der Waals surface area (Å²) in [6.45, 7) is 0. The number of nitrogens with zero attached hydrogens (tertiary/aromatic N) is 2. The van der Waals surface area contributed by atoms with Gasteiger partial charge >= 0.3 is 0 Å². The van der Waals surface area contributed by atoms with Gasteiger partial charge in [-0.05, 0) is 61.4 Å². The quantitative estimate of drug-likeness (QED) is 0.232. The van der Waals surface area contributed by atoms with Crippen LogP contribution in [-0.2, 0) is 6.42 Å². The van der Waals surface area contributed by atoms with Crippen LogP contribution in [0.15, 0.2) is 120 Å². The van der Waals surface area contributed by atoms with Gasteiger partial charge in [0.05, 0.1) is 16.6 Å². The van der Waals surface area contributed by atoms with E-state index in [1.807, 2.05) is 0 Å². The number of para-hydroxylation sites is 3. The van der Waals surface area contributed by atoms with Crippen molar-refractivity contribution in [2.45, 2.75) is 12.8 Å². The molecule has 0 saturated carbocycles. The minimum atomic E-state index is 0.911. The van der Waals surface area contributed by atoms with Gasteiger partial charge in [0.15, 0.2) is 0 Å². The van der Waals surface area contributed by atoms with Crippen molar-refractivity contribution >= 4 is 60.7 Å². The van der Waals surface area contributed by atoms with Crippen LogP contribution in [0.4, 0.5) is 0 Å². The zero-order valence-corrected chi connectivity index (χ0v) is 21.3. The van der Waals surface area contributed by atoms with Gasteiger partial charge in [-0.2, -0.15) is 0 Å². The van der Waals surface area contributed by atoms with Gasteiger partial charge in [0.1, 0.15) is 11.2 Å². The standard InChI is InChI=1S/C36H24N2O/c1-5-13-31-25(9-1)26-10-2-6-14-32(26)37(31)23-18-20-35-30(21-23)29-19-17-24(22-36(29)39-35)38-33-15-7-3-11-27(33)28-12-4-8-16-34(28)38/h1-7,9-15,17-22H,8,16H2. The fourth-order valence-corrected chi connectivity index (χ4v) is 6.70. The third-order valence-corrected chi connectivity index (χ3v) is 8.38. The molecule has 0 unspecified atom stereocenters. The maximum Gasteiger partial charge on any atom is 0.137 e. The minimum Gasteiger partial charge on any atom is -0.456 e. The molecule has 8 aromatic rings.